The van der Waals surface area contributed by atoms with Crippen LogP contribution in [-0.2, 0) is 13.6 Å². The van der Waals surface area contributed by atoms with Gasteiger partial charge < -0.3 is 14.8 Å². The highest BCUT2D eigenvalue weighted by atomic mass is 16.6. The second kappa shape index (κ2) is 9.80. The molecule has 1 N–H and O–H groups in total. The molecule has 4 rings (SSSR count). The molecule has 168 valence electrons. The summed E-state index contributed by atoms with van der Waals surface area (Å²) >= 11 is 0. The first-order valence-electron chi connectivity index (χ1n) is 11.0. The summed E-state index contributed by atoms with van der Waals surface area (Å²) in [6.45, 7) is 4.13. The predicted molar refractivity (Wildman–Crippen MR) is 121 cm³/mol. The Balaban J connectivity index is 1.43. The van der Waals surface area contributed by atoms with Crippen LogP contribution in [0.1, 0.15) is 49.1 Å². The smallest absolute Gasteiger partial charge is 0.412 e. The molecule has 1 aliphatic rings. The van der Waals surface area contributed by atoms with Gasteiger partial charge in [-0.3, -0.25) is 0 Å². The first-order valence-corrected chi connectivity index (χ1v) is 11.0. The van der Waals surface area contributed by atoms with Crippen LogP contribution < -0.4 is 14.8 Å². The first kappa shape index (κ1) is 21.8. The van der Waals surface area contributed by atoms with Crippen LogP contribution in [0.3, 0.4) is 0 Å². The molecule has 8 heteroatoms. The van der Waals surface area contributed by atoms with Crippen LogP contribution in [-0.4, -0.2) is 32.2 Å². The van der Waals surface area contributed by atoms with E-state index in [0.29, 0.717) is 17.1 Å². The molecule has 0 spiro atoms. The van der Waals surface area contributed by atoms with E-state index in [1.807, 2.05) is 38.1 Å². The first-order chi connectivity index (χ1) is 15.5. The Labute approximate surface area is 188 Å². The van der Waals surface area contributed by atoms with Crippen LogP contribution in [0.25, 0.3) is 11.4 Å². The van der Waals surface area contributed by atoms with Crippen molar-refractivity contribution in [1.29, 1.82) is 0 Å². The molecule has 0 radical (unpaired) electrons. The number of hydrogen-bond acceptors (Lipinski definition) is 6. The lowest BCUT2D eigenvalue weighted by atomic mass is 9.98. The van der Waals surface area contributed by atoms with Crippen molar-refractivity contribution in [3.63, 3.8) is 0 Å². The maximum atomic E-state index is 12.2. The van der Waals surface area contributed by atoms with E-state index in [9.17, 15) is 4.79 Å². The van der Waals surface area contributed by atoms with Gasteiger partial charge in [0.05, 0.1) is 29.7 Å². The van der Waals surface area contributed by atoms with Gasteiger partial charge in [-0.15, -0.1) is 5.10 Å². The molecule has 3 aromatic rings. The van der Waals surface area contributed by atoms with Crippen molar-refractivity contribution in [1.82, 2.24) is 25.3 Å². The number of ether oxygens (including phenoxy) is 2. The zero-order chi connectivity index (χ0) is 22.5. The van der Waals surface area contributed by atoms with E-state index in [1.54, 1.807) is 23.9 Å². The van der Waals surface area contributed by atoms with E-state index >= 15 is 0 Å². The molecule has 0 aliphatic heterocycles. The Morgan fingerprint density at radius 1 is 1.09 bits per heavy atom. The predicted octanol–water partition coefficient (Wildman–Crippen LogP) is 4.49. The molecule has 0 saturated heterocycles. The summed E-state index contributed by atoms with van der Waals surface area (Å²) < 4.78 is 13.1. The maximum Gasteiger partial charge on any atom is 0.412 e. The third-order valence-electron chi connectivity index (χ3n) is 5.70. The fourth-order valence-electron chi connectivity index (χ4n) is 3.85. The van der Waals surface area contributed by atoms with Gasteiger partial charge in [0.15, 0.2) is 0 Å². The minimum absolute atomic E-state index is 0.213. The van der Waals surface area contributed by atoms with Crippen molar-refractivity contribution < 1.29 is 14.3 Å². The average molecular weight is 436 g/mol. The molecule has 8 nitrogen and oxygen atoms in total. The number of rotatable bonds is 6. The largest absolute Gasteiger partial charge is 0.489 e. The molecule has 1 amide bonds. The average Bonchev–Trinajstić information content (AvgIpc) is 3.16. The summed E-state index contributed by atoms with van der Waals surface area (Å²) in [5.41, 5.74) is 3.96. The van der Waals surface area contributed by atoms with Crippen LogP contribution in [0.2, 0.25) is 0 Å². The lowest BCUT2D eigenvalue weighted by Gasteiger charge is -2.23. The Hall–Kier alpha value is -3.42. The molecule has 1 saturated carbocycles. The topological polar surface area (TPSA) is 91.2 Å². The van der Waals surface area contributed by atoms with E-state index in [4.69, 9.17) is 14.5 Å². The molecule has 0 unspecified atom stereocenters. The number of pyridine rings is 1. The minimum Gasteiger partial charge on any atom is -0.489 e. The highest BCUT2D eigenvalue weighted by molar-refractivity contribution is 5.70. The van der Waals surface area contributed by atoms with E-state index in [1.165, 1.54) is 19.3 Å². The van der Waals surface area contributed by atoms with E-state index in [2.05, 4.69) is 15.6 Å². The van der Waals surface area contributed by atoms with Crippen molar-refractivity contribution in [2.45, 2.75) is 58.6 Å². The highest BCUT2D eigenvalue weighted by Gasteiger charge is 2.19. The number of nitrogens with zero attached hydrogens (tertiary/aromatic N) is 4. The zero-order valence-corrected chi connectivity index (χ0v) is 18.8. The van der Waals surface area contributed by atoms with Crippen molar-refractivity contribution >= 4 is 6.09 Å². The number of nitrogens with one attached hydrogen (secondary N) is 1. The summed E-state index contributed by atoms with van der Waals surface area (Å²) in [6, 6.07) is 11.1. The summed E-state index contributed by atoms with van der Waals surface area (Å²) in [4.78, 5) is 16.9. The summed E-state index contributed by atoms with van der Waals surface area (Å²) in [5, 5.41) is 11.1. The van der Waals surface area contributed by atoms with Crippen molar-refractivity contribution in [2.75, 3.05) is 0 Å². The van der Waals surface area contributed by atoms with E-state index in [0.717, 1.165) is 35.5 Å². The zero-order valence-electron chi connectivity index (χ0n) is 18.8. The van der Waals surface area contributed by atoms with Gasteiger partial charge in [-0.05, 0) is 63.8 Å². The quantitative estimate of drug-likeness (QED) is 0.613. The normalized spacial score (nSPS) is 14.2. The number of benzene rings is 1. The van der Waals surface area contributed by atoms with Crippen LogP contribution >= 0.6 is 0 Å². The highest BCUT2D eigenvalue weighted by Crippen LogP contribution is 2.28. The third kappa shape index (κ3) is 5.25. The molecule has 0 atom stereocenters. The monoisotopic (exact) mass is 435 g/mol. The Morgan fingerprint density at radius 2 is 1.84 bits per heavy atom. The molecule has 1 fully saturated rings. The molecule has 2 heterocycles. The lowest BCUT2D eigenvalue weighted by molar-refractivity contribution is 0.153. The van der Waals surface area contributed by atoms with Crippen molar-refractivity contribution in [3.05, 3.63) is 53.3 Å². The molecule has 1 aliphatic carbocycles. The minimum atomic E-state index is -0.540. The lowest BCUT2D eigenvalue weighted by Crippen LogP contribution is -2.27. The summed E-state index contributed by atoms with van der Waals surface area (Å²) in [7, 11) is 1.78. The van der Waals surface area contributed by atoms with Gasteiger partial charge >= 0.3 is 6.09 Å². The number of hydrogen-bond donors (Lipinski definition) is 1. The number of aromatic nitrogens is 4. The van der Waals surface area contributed by atoms with Crippen LogP contribution in [0.4, 0.5) is 4.79 Å². The number of aryl methyl sites for hydroxylation is 3. The van der Waals surface area contributed by atoms with Crippen molar-refractivity contribution in [2.24, 2.45) is 7.05 Å². The van der Waals surface area contributed by atoms with Gasteiger partial charge in [-0.1, -0.05) is 29.3 Å². The van der Waals surface area contributed by atoms with Crippen LogP contribution in [0.5, 0.6) is 11.5 Å². The fourth-order valence-corrected chi connectivity index (χ4v) is 3.85. The van der Waals surface area contributed by atoms with Gasteiger partial charge in [0.2, 0.25) is 0 Å². The SMILES string of the molecule is Cc1ccc(OC(=O)NCc2c(-c3ccc(OC4CCCCC4)c(C)n3)nnn2C)cc1. The summed E-state index contributed by atoms with van der Waals surface area (Å²) in [5.74, 6) is 1.30. The van der Waals surface area contributed by atoms with Gasteiger partial charge in [-0.2, -0.15) is 0 Å². The molecule has 2 aromatic heterocycles. The maximum absolute atomic E-state index is 12.2. The van der Waals surface area contributed by atoms with Gasteiger partial charge in [0.1, 0.15) is 17.2 Å². The Bertz CT molecular complexity index is 1070. The van der Waals surface area contributed by atoms with Gasteiger partial charge in [-0.25, -0.2) is 14.5 Å². The third-order valence-corrected chi connectivity index (χ3v) is 5.70. The van der Waals surface area contributed by atoms with E-state index in [-0.39, 0.29) is 12.6 Å². The molecular formula is C24H29N5O3. The second-order valence-corrected chi connectivity index (χ2v) is 8.22. The standard InChI is InChI=1S/C24H29N5O3/c1-16-9-11-19(12-10-16)32-24(30)25-15-21-23(27-28-29(21)3)20-13-14-22(17(2)26-20)31-18-7-5-4-6-8-18/h9-14,18H,4-8,15H2,1-3H3,(H,25,30). The van der Waals surface area contributed by atoms with Gasteiger partial charge in [0.25, 0.3) is 0 Å². The molecule has 0 bridgehead atoms. The Morgan fingerprint density at radius 3 is 2.56 bits per heavy atom. The second-order valence-electron chi connectivity index (χ2n) is 8.22. The molecular weight excluding hydrogens is 406 g/mol. The van der Waals surface area contributed by atoms with Crippen LogP contribution in [0, 0.1) is 13.8 Å². The summed E-state index contributed by atoms with van der Waals surface area (Å²) in [6.07, 6.45) is 5.65. The number of carbonyl (C=O) groups is 1. The van der Waals surface area contributed by atoms with E-state index < -0.39 is 6.09 Å². The fraction of sp³-hybridized carbons (Fsp3) is 0.417. The van der Waals surface area contributed by atoms with Crippen LogP contribution in [0.15, 0.2) is 36.4 Å². The Kier molecular flexibility index (Phi) is 6.68. The van der Waals surface area contributed by atoms with Gasteiger partial charge in [0, 0.05) is 7.05 Å². The number of carbonyl (C=O) groups excluding carboxylic acids is 1. The number of amides is 1. The van der Waals surface area contributed by atoms with Crippen molar-refractivity contribution in [3.8, 4) is 22.9 Å². The molecule has 32 heavy (non-hydrogen) atoms. The molecule has 1 aromatic carbocycles.